The number of nitrogens with zero attached hydrogens (tertiary/aromatic N) is 2. The number of carbonyl (C=O) groups is 3. The van der Waals surface area contributed by atoms with E-state index in [0.717, 1.165) is 28.7 Å². The van der Waals surface area contributed by atoms with Crippen LogP contribution < -0.4 is 0 Å². The third-order valence-corrected chi connectivity index (χ3v) is 6.47. The molecule has 180 valence electrons. The van der Waals surface area contributed by atoms with Crippen LogP contribution in [0.5, 0.6) is 0 Å². The minimum absolute atomic E-state index is 0.225. The first kappa shape index (κ1) is 24.2. The van der Waals surface area contributed by atoms with E-state index in [2.05, 4.69) is 0 Å². The van der Waals surface area contributed by atoms with Gasteiger partial charge >= 0.3 is 5.97 Å². The molecule has 0 radical (unpaired) electrons. The van der Waals surface area contributed by atoms with E-state index < -0.39 is 18.6 Å². The minimum Gasteiger partial charge on any atom is -0.480 e. The van der Waals surface area contributed by atoms with Crippen LogP contribution in [0.4, 0.5) is 0 Å². The van der Waals surface area contributed by atoms with Gasteiger partial charge in [0.1, 0.15) is 12.6 Å². The predicted octanol–water partition coefficient (Wildman–Crippen LogP) is 4.11. The lowest BCUT2D eigenvalue weighted by Gasteiger charge is -2.38. The second kappa shape index (κ2) is 11.0. The Morgan fingerprint density at radius 2 is 1.57 bits per heavy atom. The van der Waals surface area contributed by atoms with E-state index in [1.807, 2.05) is 73.7 Å². The fourth-order valence-electron chi connectivity index (χ4n) is 4.58. The fraction of sp³-hybridized carbons (Fsp3) is 0.276. The molecule has 2 amide bonds. The summed E-state index contributed by atoms with van der Waals surface area (Å²) in [4.78, 5) is 41.9. The van der Waals surface area contributed by atoms with Gasteiger partial charge in [-0.25, -0.2) is 0 Å². The number of carboxylic acid groups (broad SMARTS) is 1. The van der Waals surface area contributed by atoms with Crippen LogP contribution in [0.3, 0.4) is 0 Å². The Hall–Kier alpha value is -3.93. The van der Waals surface area contributed by atoms with E-state index in [1.165, 1.54) is 4.90 Å². The first-order chi connectivity index (χ1) is 16.9. The molecular formula is C29H30N2O4. The number of fused-ring (bicyclic) bond motifs is 1. The standard InChI is InChI=1S/C29H30N2O4/c1-21-13-15-23(16-14-21)28(34)31-19-25-12-6-5-11-24(25)18-26(31)29(35)30(20-27(32)33)17-7-10-22-8-3-2-4-9-22/h2-6,8-9,11-16,26H,7,10,17-20H2,1H3,(H,32,33)/t26-/m0/s1. The molecular weight excluding hydrogens is 440 g/mol. The van der Waals surface area contributed by atoms with Gasteiger partial charge in [-0.15, -0.1) is 0 Å². The van der Waals surface area contributed by atoms with Gasteiger partial charge < -0.3 is 14.9 Å². The van der Waals surface area contributed by atoms with Crippen molar-refractivity contribution in [1.29, 1.82) is 0 Å². The first-order valence-electron chi connectivity index (χ1n) is 11.9. The monoisotopic (exact) mass is 470 g/mol. The molecule has 1 heterocycles. The van der Waals surface area contributed by atoms with Gasteiger partial charge in [0.2, 0.25) is 5.91 Å². The van der Waals surface area contributed by atoms with Gasteiger partial charge in [0, 0.05) is 25.1 Å². The minimum atomic E-state index is -1.06. The Bertz CT molecular complexity index is 1190. The third-order valence-electron chi connectivity index (χ3n) is 6.47. The molecule has 6 heteroatoms. The highest BCUT2D eigenvalue weighted by Gasteiger charge is 2.37. The zero-order valence-electron chi connectivity index (χ0n) is 19.9. The van der Waals surface area contributed by atoms with E-state index >= 15 is 0 Å². The van der Waals surface area contributed by atoms with Crippen molar-refractivity contribution in [3.8, 4) is 0 Å². The molecule has 3 aromatic rings. The summed E-state index contributed by atoms with van der Waals surface area (Å²) in [5.74, 6) is -1.61. The van der Waals surface area contributed by atoms with Gasteiger partial charge in [-0.3, -0.25) is 14.4 Å². The number of aryl methyl sites for hydroxylation is 2. The fourth-order valence-corrected chi connectivity index (χ4v) is 4.58. The van der Waals surface area contributed by atoms with E-state index in [4.69, 9.17) is 0 Å². The quantitative estimate of drug-likeness (QED) is 0.538. The van der Waals surface area contributed by atoms with Crippen LogP contribution in [-0.2, 0) is 29.0 Å². The molecule has 4 rings (SSSR count). The Morgan fingerprint density at radius 3 is 2.26 bits per heavy atom. The Morgan fingerprint density at radius 1 is 0.914 bits per heavy atom. The van der Waals surface area contributed by atoms with Crippen LogP contribution in [-0.4, -0.2) is 51.8 Å². The summed E-state index contributed by atoms with van der Waals surface area (Å²) in [6, 6.07) is 24.2. The average molecular weight is 471 g/mol. The summed E-state index contributed by atoms with van der Waals surface area (Å²) in [7, 11) is 0. The largest absolute Gasteiger partial charge is 0.480 e. The molecule has 0 spiro atoms. The van der Waals surface area contributed by atoms with Crippen molar-refractivity contribution in [2.24, 2.45) is 0 Å². The number of amides is 2. The molecule has 6 nitrogen and oxygen atoms in total. The molecule has 35 heavy (non-hydrogen) atoms. The SMILES string of the molecule is Cc1ccc(C(=O)N2Cc3ccccc3C[C@H]2C(=O)N(CCCc2ccccc2)CC(=O)O)cc1. The Balaban J connectivity index is 1.58. The van der Waals surface area contributed by atoms with Crippen molar-refractivity contribution in [3.05, 3.63) is 107 Å². The summed E-state index contributed by atoms with van der Waals surface area (Å²) < 4.78 is 0. The molecule has 0 bridgehead atoms. The lowest BCUT2D eigenvalue weighted by molar-refractivity contribution is -0.146. The molecule has 1 aliphatic rings. The summed E-state index contributed by atoms with van der Waals surface area (Å²) >= 11 is 0. The molecule has 3 aromatic carbocycles. The summed E-state index contributed by atoms with van der Waals surface area (Å²) in [5, 5.41) is 9.51. The second-order valence-corrected chi connectivity index (χ2v) is 9.03. The van der Waals surface area contributed by atoms with Gasteiger partial charge in [0.05, 0.1) is 0 Å². The zero-order valence-corrected chi connectivity index (χ0v) is 19.9. The molecule has 0 fully saturated rings. The maximum absolute atomic E-state index is 13.8. The van der Waals surface area contributed by atoms with Crippen LogP contribution >= 0.6 is 0 Å². The van der Waals surface area contributed by atoms with Crippen molar-refractivity contribution in [1.82, 2.24) is 9.80 Å². The molecule has 0 saturated heterocycles. The lowest BCUT2D eigenvalue weighted by atomic mass is 9.92. The van der Waals surface area contributed by atoms with Crippen molar-refractivity contribution >= 4 is 17.8 Å². The number of hydrogen-bond acceptors (Lipinski definition) is 3. The Kier molecular flexibility index (Phi) is 7.60. The number of carboxylic acids is 1. The number of aliphatic carboxylic acids is 1. The van der Waals surface area contributed by atoms with Gasteiger partial charge in [-0.2, -0.15) is 0 Å². The van der Waals surface area contributed by atoms with Crippen LogP contribution in [0, 0.1) is 6.92 Å². The van der Waals surface area contributed by atoms with Gasteiger partial charge in [-0.1, -0.05) is 72.3 Å². The van der Waals surface area contributed by atoms with Crippen LogP contribution in [0.1, 0.15) is 39.0 Å². The van der Waals surface area contributed by atoms with Crippen molar-refractivity contribution in [2.75, 3.05) is 13.1 Å². The van der Waals surface area contributed by atoms with E-state index in [0.29, 0.717) is 31.5 Å². The molecule has 1 atom stereocenters. The highest BCUT2D eigenvalue weighted by Crippen LogP contribution is 2.26. The number of carbonyl (C=O) groups excluding carboxylic acids is 2. The van der Waals surface area contributed by atoms with E-state index in [1.54, 1.807) is 17.0 Å². The summed E-state index contributed by atoms with van der Waals surface area (Å²) in [6.07, 6.45) is 1.74. The van der Waals surface area contributed by atoms with Crippen molar-refractivity contribution < 1.29 is 19.5 Å². The molecule has 1 N–H and O–H groups in total. The number of hydrogen-bond donors (Lipinski definition) is 1. The normalized spacial score (nSPS) is 14.8. The van der Waals surface area contributed by atoms with Gasteiger partial charge in [-0.05, 0) is 48.6 Å². The molecule has 0 unspecified atom stereocenters. The van der Waals surface area contributed by atoms with Crippen molar-refractivity contribution in [2.45, 2.75) is 38.8 Å². The van der Waals surface area contributed by atoms with Gasteiger partial charge in [0.25, 0.3) is 5.91 Å². The van der Waals surface area contributed by atoms with Crippen molar-refractivity contribution in [3.63, 3.8) is 0 Å². The highest BCUT2D eigenvalue weighted by molar-refractivity contribution is 5.98. The van der Waals surface area contributed by atoms with E-state index in [-0.39, 0.29) is 11.8 Å². The molecule has 1 aliphatic heterocycles. The second-order valence-electron chi connectivity index (χ2n) is 9.03. The van der Waals surface area contributed by atoms with Crippen LogP contribution in [0.2, 0.25) is 0 Å². The summed E-state index contributed by atoms with van der Waals surface area (Å²) in [6.45, 7) is 2.18. The average Bonchev–Trinajstić information content (AvgIpc) is 2.87. The highest BCUT2D eigenvalue weighted by atomic mass is 16.4. The Labute approximate surface area is 205 Å². The topological polar surface area (TPSA) is 77.9 Å². The molecule has 0 saturated carbocycles. The molecule has 0 aromatic heterocycles. The number of rotatable bonds is 8. The maximum Gasteiger partial charge on any atom is 0.323 e. The molecule has 0 aliphatic carbocycles. The summed E-state index contributed by atoms with van der Waals surface area (Å²) in [5.41, 5.74) is 4.72. The van der Waals surface area contributed by atoms with Gasteiger partial charge in [0.15, 0.2) is 0 Å². The lowest BCUT2D eigenvalue weighted by Crippen LogP contribution is -2.54. The third kappa shape index (κ3) is 5.96. The smallest absolute Gasteiger partial charge is 0.323 e. The predicted molar refractivity (Wildman–Crippen MR) is 134 cm³/mol. The first-order valence-corrected chi connectivity index (χ1v) is 11.9. The van der Waals surface area contributed by atoms with E-state index in [9.17, 15) is 19.5 Å². The maximum atomic E-state index is 13.8. The van der Waals surface area contributed by atoms with Crippen LogP contribution in [0.25, 0.3) is 0 Å². The van der Waals surface area contributed by atoms with Crippen LogP contribution in [0.15, 0.2) is 78.9 Å². The zero-order chi connectivity index (χ0) is 24.8. The number of benzene rings is 3.